The topological polar surface area (TPSA) is 82.9 Å². The number of carbonyl (C=O) groups excluding carboxylic acids is 2. The molecule has 5 heteroatoms. The molecule has 0 saturated heterocycles. The Morgan fingerprint density at radius 2 is 2.00 bits per heavy atom. The summed E-state index contributed by atoms with van der Waals surface area (Å²) >= 11 is 0. The molecular formula is C20H19N3O2. The van der Waals surface area contributed by atoms with Crippen LogP contribution in [0.2, 0.25) is 0 Å². The molecule has 0 spiro atoms. The van der Waals surface area contributed by atoms with Crippen LogP contribution in [0.1, 0.15) is 47.3 Å². The van der Waals surface area contributed by atoms with E-state index in [2.05, 4.69) is 10.3 Å². The second kappa shape index (κ2) is 7.27. The third kappa shape index (κ3) is 3.92. The van der Waals surface area contributed by atoms with Gasteiger partial charge in [0.05, 0.1) is 6.07 Å². The summed E-state index contributed by atoms with van der Waals surface area (Å²) in [6.45, 7) is 2.04. The SMILES string of the molecule is CCc1ccc(NC(=O)C(C#N)C(=O)c2ccnc(C3CC3)c2)cc1. The Kier molecular flexibility index (Phi) is 4.90. The number of pyridine rings is 1. The summed E-state index contributed by atoms with van der Waals surface area (Å²) < 4.78 is 0. The van der Waals surface area contributed by atoms with Crippen molar-refractivity contribution < 1.29 is 9.59 Å². The molecule has 25 heavy (non-hydrogen) atoms. The number of hydrogen-bond acceptors (Lipinski definition) is 4. The number of hydrogen-bond donors (Lipinski definition) is 1. The quantitative estimate of drug-likeness (QED) is 0.648. The van der Waals surface area contributed by atoms with Gasteiger partial charge in [0.2, 0.25) is 5.91 Å². The van der Waals surface area contributed by atoms with Crippen molar-refractivity contribution in [2.45, 2.75) is 32.1 Å². The molecule has 0 bridgehead atoms. The number of rotatable bonds is 6. The van der Waals surface area contributed by atoms with Gasteiger partial charge in [0.25, 0.3) is 0 Å². The fourth-order valence-corrected chi connectivity index (χ4v) is 2.65. The summed E-state index contributed by atoms with van der Waals surface area (Å²) in [6, 6.07) is 12.4. The molecule has 1 aromatic carbocycles. The molecule has 3 rings (SSSR count). The Bertz CT molecular complexity index is 833. The summed E-state index contributed by atoms with van der Waals surface area (Å²) in [5, 5.41) is 12.0. The van der Waals surface area contributed by atoms with Gasteiger partial charge in [0, 0.05) is 29.1 Å². The van der Waals surface area contributed by atoms with E-state index < -0.39 is 17.6 Å². The molecule has 0 radical (unpaired) electrons. The van der Waals surface area contributed by atoms with Gasteiger partial charge in [0.1, 0.15) is 0 Å². The van der Waals surface area contributed by atoms with Crippen LogP contribution in [0, 0.1) is 17.2 Å². The van der Waals surface area contributed by atoms with E-state index in [-0.39, 0.29) is 0 Å². The number of nitrogens with one attached hydrogen (secondary N) is 1. The van der Waals surface area contributed by atoms with E-state index in [1.165, 1.54) is 0 Å². The molecule has 1 atom stereocenters. The molecule has 1 N–H and O–H groups in total. The Morgan fingerprint density at radius 1 is 1.28 bits per heavy atom. The molecule has 1 saturated carbocycles. The highest BCUT2D eigenvalue weighted by molar-refractivity contribution is 6.15. The highest BCUT2D eigenvalue weighted by Crippen LogP contribution is 2.39. The zero-order valence-corrected chi connectivity index (χ0v) is 14.0. The molecule has 1 amide bonds. The zero-order valence-electron chi connectivity index (χ0n) is 14.0. The first kappa shape index (κ1) is 16.8. The molecule has 2 aromatic rings. The number of carbonyl (C=O) groups is 2. The van der Waals surface area contributed by atoms with Crippen LogP contribution >= 0.6 is 0 Å². The smallest absolute Gasteiger partial charge is 0.249 e. The molecule has 0 aliphatic heterocycles. The van der Waals surface area contributed by atoms with Gasteiger partial charge in [-0.05, 0) is 49.1 Å². The Labute approximate surface area is 146 Å². The largest absolute Gasteiger partial charge is 0.325 e. The Morgan fingerprint density at radius 3 is 2.60 bits per heavy atom. The second-order valence-corrected chi connectivity index (χ2v) is 6.21. The molecule has 1 unspecified atom stereocenters. The average molecular weight is 333 g/mol. The lowest BCUT2D eigenvalue weighted by Crippen LogP contribution is -2.28. The second-order valence-electron chi connectivity index (χ2n) is 6.21. The number of nitrogens with zero attached hydrogens (tertiary/aromatic N) is 2. The van der Waals surface area contributed by atoms with Crippen LogP contribution in [-0.4, -0.2) is 16.7 Å². The standard InChI is InChI=1S/C20H19N3O2/c1-2-13-3-7-16(8-4-13)23-20(25)17(12-21)19(24)15-9-10-22-18(11-15)14-5-6-14/h3-4,7-11,14,17H,2,5-6H2,1H3,(H,23,25). The maximum absolute atomic E-state index is 12.6. The van der Waals surface area contributed by atoms with Gasteiger partial charge in [-0.3, -0.25) is 14.6 Å². The van der Waals surface area contributed by atoms with E-state index in [4.69, 9.17) is 0 Å². The van der Waals surface area contributed by atoms with Crippen LogP contribution in [0.3, 0.4) is 0 Å². The number of ketones is 1. The van der Waals surface area contributed by atoms with Gasteiger partial charge in [-0.25, -0.2) is 0 Å². The van der Waals surface area contributed by atoms with E-state index in [0.29, 0.717) is 17.2 Å². The van der Waals surface area contributed by atoms with Crippen LogP contribution in [0.25, 0.3) is 0 Å². The molecule has 1 aliphatic rings. The van der Waals surface area contributed by atoms with Gasteiger partial charge < -0.3 is 5.32 Å². The molecule has 1 heterocycles. The minimum Gasteiger partial charge on any atom is -0.325 e. The van der Waals surface area contributed by atoms with Crippen molar-refractivity contribution in [2.24, 2.45) is 5.92 Å². The summed E-state index contributed by atoms with van der Waals surface area (Å²) in [7, 11) is 0. The summed E-state index contributed by atoms with van der Waals surface area (Å²) in [6.07, 6.45) is 4.61. The van der Waals surface area contributed by atoms with Crippen molar-refractivity contribution in [3.05, 3.63) is 59.4 Å². The number of Topliss-reactive ketones (excluding diaryl/α,β-unsaturated/α-hetero) is 1. The minimum absolute atomic E-state index is 0.361. The lowest BCUT2D eigenvalue weighted by molar-refractivity contribution is -0.117. The van der Waals surface area contributed by atoms with Gasteiger partial charge in [0.15, 0.2) is 11.7 Å². The molecular weight excluding hydrogens is 314 g/mol. The monoisotopic (exact) mass is 333 g/mol. The van der Waals surface area contributed by atoms with Gasteiger partial charge in [-0.1, -0.05) is 19.1 Å². The molecule has 1 aliphatic carbocycles. The summed E-state index contributed by atoms with van der Waals surface area (Å²) in [4.78, 5) is 29.2. The number of anilines is 1. The fraction of sp³-hybridized carbons (Fsp3) is 0.300. The van der Waals surface area contributed by atoms with Crippen molar-refractivity contribution in [3.63, 3.8) is 0 Å². The summed E-state index contributed by atoms with van der Waals surface area (Å²) in [5.74, 6) is -2.07. The lowest BCUT2D eigenvalue weighted by atomic mass is 9.97. The van der Waals surface area contributed by atoms with Crippen LogP contribution < -0.4 is 5.32 Å². The maximum atomic E-state index is 12.6. The lowest BCUT2D eigenvalue weighted by Gasteiger charge is -2.10. The van der Waals surface area contributed by atoms with E-state index in [0.717, 1.165) is 30.5 Å². The van der Waals surface area contributed by atoms with Crippen molar-refractivity contribution >= 4 is 17.4 Å². The van der Waals surface area contributed by atoms with E-state index in [1.807, 2.05) is 25.1 Å². The number of aryl methyl sites for hydroxylation is 1. The fourth-order valence-electron chi connectivity index (χ4n) is 2.65. The van der Waals surface area contributed by atoms with Crippen LogP contribution in [0.4, 0.5) is 5.69 Å². The number of amides is 1. The molecule has 5 nitrogen and oxygen atoms in total. The first-order chi connectivity index (χ1) is 12.1. The van der Waals surface area contributed by atoms with E-state index >= 15 is 0 Å². The number of benzene rings is 1. The van der Waals surface area contributed by atoms with Gasteiger partial charge in [-0.2, -0.15) is 5.26 Å². The molecule has 1 fully saturated rings. The van der Waals surface area contributed by atoms with Gasteiger partial charge >= 0.3 is 0 Å². The molecule has 1 aromatic heterocycles. The molecule has 126 valence electrons. The first-order valence-electron chi connectivity index (χ1n) is 8.42. The van der Waals surface area contributed by atoms with Crippen molar-refractivity contribution in [3.8, 4) is 6.07 Å². The third-order valence-corrected chi connectivity index (χ3v) is 4.34. The highest BCUT2D eigenvalue weighted by atomic mass is 16.2. The third-order valence-electron chi connectivity index (χ3n) is 4.34. The van der Waals surface area contributed by atoms with E-state index in [9.17, 15) is 14.9 Å². The van der Waals surface area contributed by atoms with Crippen LogP contribution in [0.5, 0.6) is 0 Å². The van der Waals surface area contributed by atoms with Crippen LogP contribution in [-0.2, 0) is 11.2 Å². The predicted molar refractivity (Wildman–Crippen MR) is 94.1 cm³/mol. The normalized spacial score (nSPS) is 14.4. The maximum Gasteiger partial charge on any atom is 0.249 e. The van der Waals surface area contributed by atoms with Crippen molar-refractivity contribution in [2.75, 3.05) is 5.32 Å². The van der Waals surface area contributed by atoms with Crippen molar-refractivity contribution in [1.82, 2.24) is 4.98 Å². The first-order valence-corrected chi connectivity index (χ1v) is 8.42. The average Bonchev–Trinajstić information content (AvgIpc) is 3.48. The van der Waals surface area contributed by atoms with E-state index in [1.54, 1.807) is 30.5 Å². The predicted octanol–water partition coefficient (Wildman–Crippen LogP) is 3.48. The van der Waals surface area contributed by atoms with Crippen LogP contribution in [0.15, 0.2) is 42.6 Å². The van der Waals surface area contributed by atoms with Gasteiger partial charge in [-0.15, -0.1) is 0 Å². The Balaban J connectivity index is 1.74. The highest BCUT2D eigenvalue weighted by Gasteiger charge is 2.30. The summed E-state index contributed by atoms with van der Waals surface area (Å²) in [5.41, 5.74) is 2.94. The number of nitriles is 1. The zero-order chi connectivity index (χ0) is 17.8. The number of aromatic nitrogens is 1. The van der Waals surface area contributed by atoms with Crippen molar-refractivity contribution in [1.29, 1.82) is 5.26 Å². The minimum atomic E-state index is -1.37. The Hall–Kier alpha value is -3.00.